The summed E-state index contributed by atoms with van der Waals surface area (Å²) in [6.07, 6.45) is 2.08. The van der Waals surface area contributed by atoms with Crippen molar-refractivity contribution < 1.29 is 18.3 Å². The molecule has 46 heavy (non-hydrogen) atoms. The number of benzene rings is 4. The maximum absolute atomic E-state index is 15.0. The molecule has 0 saturated carbocycles. The van der Waals surface area contributed by atoms with Gasteiger partial charge in [0, 0.05) is 28.1 Å². The molecule has 0 aliphatic heterocycles. The number of fused-ring (bicyclic) bond motifs is 2. The van der Waals surface area contributed by atoms with Crippen molar-refractivity contribution in [2.75, 3.05) is 5.73 Å². The fraction of sp³-hybridized carbons (Fsp3) is 0.0833. The van der Waals surface area contributed by atoms with Gasteiger partial charge >= 0.3 is 5.63 Å². The van der Waals surface area contributed by atoms with Crippen LogP contribution in [0, 0.1) is 5.82 Å². The first kappa shape index (κ1) is 28.6. The molecule has 3 heterocycles. The van der Waals surface area contributed by atoms with Crippen LogP contribution in [0.1, 0.15) is 34.6 Å². The molecule has 0 fully saturated rings. The van der Waals surface area contributed by atoms with Crippen LogP contribution < -0.4 is 16.1 Å². The molecule has 0 radical (unpaired) electrons. The van der Waals surface area contributed by atoms with Crippen molar-refractivity contribution in [1.82, 2.24) is 19.7 Å². The first-order valence-electron chi connectivity index (χ1n) is 14.5. The number of aldehydes is 1. The fourth-order valence-corrected chi connectivity index (χ4v) is 5.68. The van der Waals surface area contributed by atoms with Crippen molar-refractivity contribution in [3.63, 3.8) is 0 Å². The molecule has 1 unspecified atom stereocenters. The van der Waals surface area contributed by atoms with Gasteiger partial charge in [0.1, 0.15) is 54.1 Å². The molecule has 0 aliphatic carbocycles. The van der Waals surface area contributed by atoms with Crippen LogP contribution in [0.15, 0.2) is 113 Å². The van der Waals surface area contributed by atoms with E-state index in [1.807, 2.05) is 55.5 Å². The van der Waals surface area contributed by atoms with Crippen LogP contribution in [0.25, 0.3) is 44.2 Å². The molecule has 7 rings (SSSR count). The van der Waals surface area contributed by atoms with E-state index in [1.165, 1.54) is 18.5 Å². The van der Waals surface area contributed by atoms with Crippen LogP contribution in [-0.4, -0.2) is 26.0 Å². The average molecular weight is 612 g/mol. The van der Waals surface area contributed by atoms with Crippen molar-refractivity contribution in [3.05, 3.63) is 137 Å². The van der Waals surface area contributed by atoms with Gasteiger partial charge in [0.15, 0.2) is 5.65 Å². The Kier molecular flexibility index (Phi) is 7.30. The summed E-state index contributed by atoms with van der Waals surface area (Å²) in [6, 6.07) is 27.3. The Morgan fingerprint density at radius 3 is 2.52 bits per heavy atom. The van der Waals surface area contributed by atoms with Crippen molar-refractivity contribution in [3.8, 4) is 28.1 Å². The maximum Gasteiger partial charge on any atom is 0.343 e. The first-order chi connectivity index (χ1) is 22.4. The third kappa shape index (κ3) is 5.15. The van der Waals surface area contributed by atoms with Gasteiger partial charge < -0.3 is 14.9 Å². The van der Waals surface area contributed by atoms with E-state index in [9.17, 15) is 9.59 Å². The average Bonchev–Trinajstić information content (AvgIpc) is 3.48. The Labute approximate surface area is 261 Å². The molecule has 0 bridgehead atoms. The minimum atomic E-state index is -0.708. The molecule has 4 aromatic carbocycles. The number of halogens is 1. The van der Waals surface area contributed by atoms with Crippen LogP contribution in [-0.2, 0) is 6.61 Å². The number of carbonyl (C=O) groups excluding carboxylic acids is 1. The number of nitrogens with two attached hydrogens (primary N) is 1. The number of aromatic nitrogens is 4. The summed E-state index contributed by atoms with van der Waals surface area (Å²) in [5.41, 5.74) is 9.64. The molecule has 2 N–H and O–H groups in total. The molecule has 3 aromatic heterocycles. The summed E-state index contributed by atoms with van der Waals surface area (Å²) in [6.45, 7) is 2.06. The van der Waals surface area contributed by atoms with Crippen molar-refractivity contribution in [1.29, 1.82) is 0 Å². The van der Waals surface area contributed by atoms with E-state index >= 15 is 4.39 Å². The van der Waals surface area contributed by atoms with Crippen molar-refractivity contribution in [2.24, 2.45) is 0 Å². The standard InChI is InChI=1S/C36H26FN5O4/c1-21(33-30(24-11-7-10-23(14-24)18-43)28-12-5-6-13-29(28)36(44)46-33)42-35-31(34(38)39-20-40-35)32(41-42)25-15-26(37)17-27(16-25)45-19-22-8-3-2-4-9-22/h2-18,20-21H,19H2,1H3,(H2,38,39,40). The summed E-state index contributed by atoms with van der Waals surface area (Å²) >= 11 is 0. The largest absolute Gasteiger partial charge is 0.489 e. The van der Waals surface area contributed by atoms with Crippen LogP contribution in [0.4, 0.5) is 10.2 Å². The number of ether oxygens (including phenoxy) is 1. The van der Waals surface area contributed by atoms with Crippen molar-refractivity contribution in [2.45, 2.75) is 19.6 Å². The first-order valence-corrected chi connectivity index (χ1v) is 14.5. The second-order valence-electron chi connectivity index (χ2n) is 10.8. The quantitative estimate of drug-likeness (QED) is 0.182. The Morgan fingerprint density at radius 1 is 0.935 bits per heavy atom. The molecule has 9 nitrogen and oxygen atoms in total. The zero-order chi connectivity index (χ0) is 31.8. The lowest BCUT2D eigenvalue weighted by molar-refractivity contribution is 0.112. The van der Waals surface area contributed by atoms with E-state index in [-0.39, 0.29) is 12.4 Å². The summed E-state index contributed by atoms with van der Waals surface area (Å²) < 4.78 is 28.5. The Bertz CT molecular complexity index is 2320. The van der Waals surface area contributed by atoms with Crippen LogP contribution in [0.2, 0.25) is 0 Å². The highest BCUT2D eigenvalue weighted by atomic mass is 19.1. The van der Waals surface area contributed by atoms with Gasteiger partial charge in [-0.2, -0.15) is 5.10 Å². The van der Waals surface area contributed by atoms with Crippen molar-refractivity contribution >= 4 is 33.9 Å². The highest BCUT2D eigenvalue weighted by molar-refractivity contribution is 5.99. The van der Waals surface area contributed by atoms with Gasteiger partial charge in [-0.3, -0.25) is 4.79 Å². The molecule has 10 heteroatoms. The number of nitrogens with zero attached hydrogens (tertiary/aromatic N) is 4. The molecule has 0 amide bonds. The SMILES string of the molecule is CC(c1oc(=O)c2ccccc2c1-c1cccc(C=O)c1)n1nc(-c2cc(F)cc(OCc3ccccc3)c2)c2c(N)ncnc21. The summed E-state index contributed by atoms with van der Waals surface area (Å²) in [5, 5.41) is 6.32. The second-order valence-corrected chi connectivity index (χ2v) is 10.8. The van der Waals surface area contributed by atoms with E-state index < -0.39 is 17.5 Å². The highest BCUT2D eigenvalue weighted by Crippen LogP contribution is 2.39. The van der Waals surface area contributed by atoms with E-state index in [4.69, 9.17) is 20.0 Å². The van der Waals surface area contributed by atoms with E-state index in [0.717, 1.165) is 11.8 Å². The zero-order valence-electron chi connectivity index (χ0n) is 24.6. The minimum Gasteiger partial charge on any atom is -0.489 e. The monoisotopic (exact) mass is 611 g/mol. The fourth-order valence-electron chi connectivity index (χ4n) is 5.68. The van der Waals surface area contributed by atoms with Gasteiger partial charge in [-0.25, -0.2) is 23.8 Å². The molecule has 0 aliphatic rings. The lowest BCUT2D eigenvalue weighted by atomic mass is 9.95. The number of nitrogen functional groups attached to an aromatic ring is 1. The predicted molar refractivity (Wildman–Crippen MR) is 173 cm³/mol. The van der Waals surface area contributed by atoms with Gasteiger partial charge in [-0.1, -0.05) is 66.7 Å². The van der Waals surface area contributed by atoms with Crippen LogP contribution in [0.3, 0.4) is 0 Å². The highest BCUT2D eigenvalue weighted by Gasteiger charge is 2.27. The van der Waals surface area contributed by atoms with Gasteiger partial charge in [0.05, 0.1) is 10.8 Å². The molecular weight excluding hydrogens is 585 g/mol. The van der Waals surface area contributed by atoms with Gasteiger partial charge in [0.2, 0.25) is 0 Å². The van der Waals surface area contributed by atoms with Gasteiger partial charge in [0.25, 0.3) is 0 Å². The van der Waals surface area contributed by atoms with E-state index in [0.29, 0.717) is 61.3 Å². The number of hydrogen-bond acceptors (Lipinski definition) is 8. The Hall–Kier alpha value is -6.16. The predicted octanol–water partition coefficient (Wildman–Crippen LogP) is 6.99. The van der Waals surface area contributed by atoms with E-state index in [2.05, 4.69) is 9.97 Å². The molecule has 7 aromatic rings. The molecule has 0 spiro atoms. The molecular formula is C36H26FN5O4. The smallest absolute Gasteiger partial charge is 0.343 e. The molecule has 0 saturated heterocycles. The van der Waals surface area contributed by atoms with Gasteiger partial charge in [-0.05, 0) is 42.3 Å². The minimum absolute atomic E-state index is 0.147. The topological polar surface area (TPSA) is 126 Å². The molecule has 1 atom stereocenters. The van der Waals surface area contributed by atoms with Gasteiger partial charge in [-0.15, -0.1) is 0 Å². The zero-order valence-corrected chi connectivity index (χ0v) is 24.6. The second kappa shape index (κ2) is 11.7. The van der Waals surface area contributed by atoms with Crippen LogP contribution in [0.5, 0.6) is 5.75 Å². The third-order valence-electron chi connectivity index (χ3n) is 7.83. The number of carbonyl (C=O) groups is 1. The summed E-state index contributed by atoms with van der Waals surface area (Å²) in [7, 11) is 0. The number of hydrogen-bond donors (Lipinski definition) is 1. The lowest BCUT2D eigenvalue weighted by Crippen LogP contribution is -2.14. The normalized spacial score (nSPS) is 12.0. The number of anilines is 1. The summed E-state index contributed by atoms with van der Waals surface area (Å²) in [5.74, 6) is 0.229. The Balaban J connectivity index is 1.40. The number of rotatable bonds is 8. The lowest BCUT2D eigenvalue weighted by Gasteiger charge is -2.18. The third-order valence-corrected chi connectivity index (χ3v) is 7.83. The Morgan fingerprint density at radius 2 is 1.72 bits per heavy atom. The maximum atomic E-state index is 15.0. The van der Waals surface area contributed by atoms with E-state index in [1.54, 1.807) is 41.1 Å². The molecule has 226 valence electrons. The van der Waals surface area contributed by atoms with Crippen LogP contribution >= 0.6 is 0 Å². The summed E-state index contributed by atoms with van der Waals surface area (Å²) in [4.78, 5) is 33.6.